The summed E-state index contributed by atoms with van der Waals surface area (Å²) < 4.78 is 40.4. The highest BCUT2D eigenvalue weighted by atomic mass is 35.5. The van der Waals surface area contributed by atoms with Gasteiger partial charge in [-0.2, -0.15) is 18.3 Å². The maximum absolute atomic E-state index is 12.9. The third kappa shape index (κ3) is 2.90. The van der Waals surface area contributed by atoms with Gasteiger partial charge in [-0.15, -0.1) is 0 Å². The molecule has 0 amide bonds. The molecule has 1 aromatic heterocycles. The van der Waals surface area contributed by atoms with Crippen molar-refractivity contribution in [2.24, 2.45) is 7.05 Å². The zero-order chi connectivity index (χ0) is 14.9. The van der Waals surface area contributed by atoms with Crippen molar-refractivity contribution in [3.05, 3.63) is 46.2 Å². The lowest BCUT2D eigenvalue weighted by Gasteiger charge is -2.15. The Morgan fingerprint density at radius 2 is 2.05 bits per heavy atom. The molecule has 0 aliphatic carbocycles. The van der Waals surface area contributed by atoms with Crippen LogP contribution >= 0.6 is 11.6 Å². The molecule has 3 nitrogen and oxygen atoms in total. The van der Waals surface area contributed by atoms with Gasteiger partial charge in [0, 0.05) is 24.8 Å². The highest BCUT2D eigenvalue weighted by Gasteiger charge is 2.34. The summed E-state index contributed by atoms with van der Waals surface area (Å²) in [6.07, 6.45) is -2.83. The topological polar surface area (TPSA) is 29.9 Å². The van der Waals surface area contributed by atoms with Crippen molar-refractivity contribution in [2.75, 3.05) is 5.32 Å². The first-order valence-electron chi connectivity index (χ1n) is 5.87. The monoisotopic (exact) mass is 303 g/mol. The molecule has 0 aliphatic heterocycles. The van der Waals surface area contributed by atoms with E-state index in [9.17, 15) is 13.2 Å². The zero-order valence-corrected chi connectivity index (χ0v) is 11.7. The number of halogens is 4. The molecular weight excluding hydrogens is 291 g/mol. The van der Waals surface area contributed by atoms with E-state index in [0.29, 0.717) is 0 Å². The molecule has 2 rings (SSSR count). The molecule has 1 heterocycles. The molecule has 1 aromatic carbocycles. The molecule has 0 saturated carbocycles. The van der Waals surface area contributed by atoms with Crippen LogP contribution in [0.4, 0.5) is 18.9 Å². The number of nitrogens with zero attached hydrogens (tertiary/aromatic N) is 2. The minimum absolute atomic E-state index is 0.0429. The maximum atomic E-state index is 12.9. The summed E-state index contributed by atoms with van der Waals surface area (Å²) >= 11 is 5.86. The molecule has 0 aliphatic rings. The fraction of sp³-hybridized carbons (Fsp3) is 0.308. The second-order valence-electron chi connectivity index (χ2n) is 4.39. The van der Waals surface area contributed by atoms with Gasteiger partial charge in [0.15, 0.2) is 0 Å². The molecule has 0 atom stereocenters. The Kier molecular flexibility index (Phi) is 3.94. The maximum Gasteiger partial charge on any atom is 0.418 e. The van der Waals surface area contributed by atoms with E-state index in [0.717, 1.165) is 17.3 Å². The number of rotatable bonds is 3. The van der Waals surface area contributed by atoms with Gasteiger partial charge >= 0.3 is 6.18 Å². The number of anilines is 1. The second kappa shape index (κ2) is 5.36. The summed E-state index contributed by atoms with van der Waals surface area (Å²) in [6.45, 7) is 2.08. The van der Waals surface area contributed by atoms with Crippen LogP contribution in [0, 0.1) is 6.92 Å². The minimum Gasteiger partial charge on any atom is -0.379 e. The standard InChI is InChI=1S/C13H13ClF3N3/c1-8-9(7-19-20(8)2)6-18-12-10(13(15,16)17)4-3-5-11(12)14/h3-5,7,18H,6H2,1-2H3. The molecule has 1 N–H and O–H groups in total. The van der Waals surface area contributed by atoms with E-state index >= 15 is 0 Å². The van der Waals surface area contributed by atoms with Crippen LogP contribution in [-0.2, 0) is 19.8 Å². The molecule has 0 unspecified atom stereocenters. The van der Waals surface area contributed by atoms with Crippen molar-refractivity contribution in [3.8, 4) is 0 Å². The first-order valence-corrected chi connectivity index (χ1v) is 6.25. The van der Waals surface area contributed by atoms with Crippen LogP contribution in [0.3, 0.4) is 0 Å². The molecule has 20 heavy (non-hydrogen) atoms. The molecule has 0 radical (unpaired) electrons. The predicted octanol–water partition coefficient (Wildman–Crippen LogP) is 4.01. The van der Waals surface area contributed by atoms with Gasteiger partial charge in [0.1, 0.15) is 0 Å². The zero-order valence-electron chi connectivity index (χ0n) is 10.9. The number of benzene rings is 1. The first kappa shape index (κ1) is 14.7. The Balaban J connectivity index is 2.28. The highest BCUT2D eigenvalue weighted by Crippen LogP contribution is 2.38. The molecule has 0 bridgehead atoms. The lowest BCUT2D eigenvalue weighted by atomic mass is 10.1. The SMILES string of the molecule is Cc1c(CNc2c(Cl)cccc2C(F)(F)F)cnn1C. The van der Waals surface area contributed by atoms with E-state index in [4.69, 9.17) is 11.6 Å². The summed E-state index contributed by atoms with van der Waals surface area (Å²) in [6, 6.07) is 3.71. The van der Waals surface area contributed by atoms with Crippen molar-refractivity contribution >= 4 is 17.3 Å². The Labute approximate surface area is 119 Å². The quantitative estimate of drug-likeness (QED) is 0.928. The van der Waals surface area contributed by atoms with Gasteiger partial charge in [0.05, 0.1) is 22.5 Å². The van der Waals surface area contributed by atoms with E-state index in [1.165, 1.54) is 12.1 Å². The van der Waals surface area contributed by atoms with Gasteiger partial charge in [-0.05, 0) is 19.1 Å². The van der Waals surface area contributed by atoms with Gasteiger partial charge in [-0.25, -0.2) is 0 Å². The van der Waals surface area contributed by atoms with Crippen LogP contribution in [0.25, 0.3) is 0 Å². The lowest BCUT2D eigenvalue weighted by molar-refractivity contribution is -0.136. The third-order valence-corrected chi connectivity index (χ3v) is 3.43. The number of nitrogens with one attached hydrogen (secondary N) is 1. The Bertz CT molecular complexity index is 620. The molecular formula is C13H13ClF3N3. The Hall–Kier alpha value is -1.69. The molecule has 0 saturated heterocycles. The van der Waals surface area contributed by atoms with Crippen LogP contribution in [0.5, 0.6) is 0 Å². The summed E-state index contributed by atoms with van der Waals surface area (Å²) in [5.41, 5.74) is 0.829. The summed E-state index contributed by atoms with van der Waals surface area (Å²) in [7, 11) is 1.77. The number of hydrogen-bond acceptors (Lipinski definition) is 2. The van der Waals surface area contributed by atoms with E-state index < -0.39 is 11.7 Å². The van der Waals surface area contributed by atoms with Crippen LogP contribution < -0.4 is 5.32 Å². The number of hydrogen-bond donors (Lipinski definition) is 1. The highest BCUT2D eigenvalue weighted by molar-refractivity contribution is 6.33. The predicted molar refractivity (Wildman–Crippen MR) is 71.7 cm³/mol. The lowest BCUT2D eigenvalue weighted by Crippen LogP contribution is -2.11. The third-order valence-electron chi connectivity index (χ3n) is 3.11. The van der Waals surface area contributed by atoms with Crippen LogP contribution in [0.1, 0.15) is 16.8 Å². The van der Waals surface area contributed by atoms with Crippen molar-refractivity contribution in [1.82, 2.24) is 9.78 Å². The van der Waals surface area contributed by atoms with E-state index in [2.05, 4.69) is 10.4 Å². The number of para-hydroxylation sites is 1. The number of aromatic nitrogens is 2. The van der Waals surface area contributed by atoms with E-state index in [1.807, 2.05) is 6.92 Å². The normalized spacial score (nSPS) is 11.7. The molecule has 0 spiro atoms. The van der Waals surface area contributed by atoms with Crippen molar-refractivity contribution in [2.45, 2.75) is 19.6 Å². The van der Waals surface area contributed by atoms with Crippen molar-refractivity contribution in [1.29, 1.82) is 0 Å². The number of alkyl halides is 3. The minimum atomic E-state index is -4.45. The van der Waals surface area contributed by atoms with Gasteiger partial charge in [-0.1, -0.05) is 17.7 Å². The largest absolute Gasteiger partial charge is 0.418 e. The van der Waals surface area contributed by atoms with Crippen LogP contribution in [0.2, 0.25) is 5.02 Å². The van der Waals surface area contributed by atoms with Crippen LogP contribution in [0.15, 0.2) is 24.4 Å². The van der Waals surface area contributed by atoms with Gasteiger partial charge in [0.25, 0.3) is 0 Å². The number of aryl methyl sites for hydroxylation is 1. The van der Waals surface area contributed by atoms with Crippen LogP contribution in [-0.4, -0.2) is 9.78 Å². The average molecular weight is 304 g/mol. The van der Waals surface area contributed by atoms with E-state index in [1.54, 1.807) is 17.9 Å². The summed E-state index contributed by atoms with van der Waals surface area (Å²) in [5, 5.41) is 6.84. The molecule has 7 heteroatoms. The molecule has 108 valence electrons. The van der Waals surface area contributed by atoms with Gasteiger partial charge < -0.3 is 5.32 Å². The van der Waals surface area contributed by atoms with Gasteiger partial charge in [-0.3, -0.25) is 4.68 Å². The smallest absolute Gasteiger partial charge is 0.379 e. The molecule has 0 fully saturated rings. The fourth-order valence-corrected chi connectivity index (χ4v) is 2.08. The van der Waals surface area contributed by atoms with Crippen molar-refractivity contribution in [3.63, 3.8) is 0 Å². The van der Waals surface area contributed by atoms with E-state index in [-0.39, 0.29) is 17.3 Å². The molecule has 2 aromatic rings. The van der Waals surface area contributed by atoms with Crippen molar-refractivity contribution < 1.29 is 13.2 Å². The second-order valence-corrected chi connectivity index (χ2v) is 4.80. The summed E-state index contributed by atoms with van der Waals surface area (Å²) in [4.78, 5) is 0. The Morgan fingerprint density at radius 3 is 2.60 bits per heavy atom. The average Bonchev–Trinajstić information content (AvgIpc) is 2.67. The Morgan fingerprint density at radius 1 is 1.35 bits per heavy atom. The fourth-order valence-electron chi connectivity index (χ4n) is 1.84. The van der Waals surface area contributed by atoms with Gasteiger partial charge in [0.2, 0.25) is 0 Å². The summed E-state index contributed by atoms with van der Waals surface area (Å²) in [5.74, 6) is 0. The first-order chi connectivity index (χ1) is 9.30.